The van der Waals surface area contributed by atoms with E-state index in [-0.39, 0.29) is 17.6 Å². The predicted molar refractivity (Wildman–Crippen MR) is 55.0 cm³/mol. The molecule has 0 aromatic heterocycles. The summed E-state index contributed by atoms with van der Waals surface area (Å²) in [6, 6.07) is 0.111. The normalized spacial score (nSPS) is 25.5. The van der Waals surface area contributed by atoms with Crippen molar-refractivity contribution in [3.05, 3.63) is 0 Å². The van der Waals surface area contributed by atoms with E-state index in [9.17, 15) is 13.2 Å². The van der Waals surface area contributed by atoms with Crippen molar-refractivity contribution in [1.29, 1.82) is 0 Å². The summed E-state index contributed by atoms with van der Waals surface area (Å²) in [6.45, 7) is 2.22. The van der Waals surface area contributed by atoms with Gasteiger partial charge in [0.2, 0.25) is 0 Å². The van der Waals surface area contributed by atoms with E-state index in [4.69, 9.17) is 0 Å². The van der Waals surface area contributed by atoms with Crippen LogP contribution in [0.5, 0.6) is 0 Å². The zero-order valence-corrected chi connectivity index (χ0v) is 9.51. The Morgan fingerprint density at radius 2 is 2.14 bits per heavy atom. The van der Waals surface area contributed by atoms with Crippen LogP contribution in [0.4, 0.5) is 0 Å². The fraction of sp³-hybridized carbons (Fsp3) is 0.889. The highest BCUT2D eigenvalue weighted by Crippen LogP contribution is 2.16. The Bertz CT molecular complexity index is 310. The average Bonchev–Trinajstić information content (AvgIpc) is 2.41. The van der Waals surface area contributed by atoms with Crippen LogP contribution in [0.1, 0.15) is 19.8 Å². The first-order chi connectivity index (χ1) is 6.41. The maximum atomic E-state index is 11.2. The van der Waals surface area contributed by atoms with Gasteiger partial charge in [-0.1, -0.05) is 0 Å². The van der Waals surface area contributed by atoms with E-state index in [1.54, 1.807) is 6.92 Å². The lowest BCUT2D eigenvalue weighted by atomic mass is 10.2. The highest BCUT2D eigenvalue weighted by atomic mass is 32.2. The van der Waals surface area contributed by atoms with Gasteiger partial charge < -0.3 is 4.90 Å². The minimum Gasteiger partial charge on any atom is -0.302 e. The lowest BCUT2D eigenvalue weighted by molar-refractivity contribution is -0.117. The Kier molecular flexibility index (Phi) is 3.66. The minimum atomic E-state index is -2.81. The van der Waals surface area contributed by atoms with Gasteiger partial charge in [0.05, 0.1) is 11.5 Å². The second kappa shape index (κ2) is 4.40. The first-order valence-electron chi connectivity index (χ1n) is 4.81. The van der Waals surface area contributed by atoms with Crippen molar-refractivity contribution in [2.45, 2.75) is 25.8 Å². The quantitative estimate of drug-likeness (QED) is 0.672. The minimum absolute atomic E-state index is 0.111. The van der Waals surface area contributed by atoms with Gasteiger partial charge in [0, 0.05) is 19.0 Å². The number of ketones is 1. The molecule has 82 valence electrons. The van der Waals surface area contributed by atoms with Gasteiger partial charge in [0.1, 0.15) is 5.78 Å². The van der Waals surface area contributed by atoms with Crippen LogP contribution in [-0.4, -0.2) is 50.2 Å². The topological polar surface area (TPSA) is 54.5 Å². The third kappa shape index (κ3) is 3.38. The molecule has 0 spiro atoms. The average molecular weight is 219 g/mol. The summed E-state index contributed by atoms with van der Waals surface area (Å²) >= 11 is 0. The lowest BCUT2D eigenvalue weighted by Gasteiger charge is -2.22. The van der Waals surface area contributed by atoms with E-state index in [1.165, 1.54) is 0 Å². The van der Waals surface area contributed by atoms with Crippen molar-refractivity contribution < 1.29 is 13.2 Å². The summed E-state index contributed by atoms with van der Waals surface area (Å²) in [5, 5.41) is 0. The van der Waals surface area contributed by atoms with Crippen LogP contribution in [-0.2, 0) is 14.6 Å². The molecule has 5 heteroatoms. The summed E-state index contributed by atoms with van der Waals surface area (Å²) in [5.74, 6) is 0.696. The Balaban J connectivity index is 2.39. The molecule has 0 amide bonds. The maximum Gasteiger partial charge on any atom is 0.151 e. The first-order valence-corrected chi connectivity index (χ1v) is 6.63. The number of hydrogen-bond donors (Lipinski definition) is 0. The van der Waals surface area contributed by atoms with E-state index in [2.05, 4.69) is 0 Å². The van der Waals surface area contributed by atoms with E-state index >= 15 is 0 Å². The van der Waals surface area contributed by atoms with Gasteiger partial charge in [-0.15, -0.1) is 0 Å². The van der Waals surface area contributed by atoms with Crippen molar-refractivity contribution in [3.8, 4) is 0 Å². The molecule has 1 atom stereocenters. The van der Waals surface area contributed by atoms with Crippen LogP contribution in [0.15, 0.2) is 0 Å². The van der Waals surface area contributed by atoms with Crippen LogP contribution in [0.3, 0.4) is 0 Å². The monoisotopic (exact) mass is 219 g/mol. The predicted octanol–water partition coefficient (Wildman–Crippen LogP) is 0.0844. The number of Topliss-reactive ketones (excluding diaryl/α,β-unsaturated/α-hetero) is 1. The van der Waals surface area contributed by atoms with Gasteiger partial charge in [-0.2, -0.15) is 0 Å². The Morgan fingerprint density at radius 1 is 1.50 bits per heavy atom. The summed E-state index contributed by atoms with van der Waals surface area (Å²) in [7, 11) is -0.922. The molecule has 1 rings (SSSR count). The van der Waals surface area contributed by atoms with E-state index < -0.39 is 9.84 Å². The zero-order chi connectivity index (χ0) is 10.8. The Labute approximate surface area is 85.2 Å². The van der Waals surface area contributed by atoms with Crippen LogP contribution in [0, 0.1) is 0 Å². The molecule has 1 fully saturated rings. The van der Waals surface area contributed by atoms with Crippen LogP contribution in [0.2, 0.25) is 0 Å². The highest BCUT2D eigenvalue weighted by Gasteiger charge is 2.30. The first kappa shape index (κ1) is 11.7. The molecule has 1 aliphatic heterocycles. The fourth-order valence-corrected chi connectivity index (χ4v) is 3.44. The van der Waals surface area contributed by atoms with Crippen LogP contribution in [0.25, 0.3) is 0 Å². The van der Waals surface area contributed by atoms with Gasteiger partial charge in [0.25, 0.3) is 0 Å². The molecular weight excluding hydrogens is 202 g/mol. The fourth-order valence-electron chi connectivity index (χ4n) is 1.64. The second-order valence-electron chi connectivity index (χ2n) is 3.99. The number of nitrogens with zero attached hydrogens (tertiary/aromatic N) is 1. The molecule has 0 aromatic carbocycles. The van der Waals surface area contributed by atoms with Crippen molar-refractivity contribution >= 4 is 15.6 Å². The van der Waals surface area contributed by atoms with Crippen LogP contribution < -0.4 is 0 Å². The van der Waals surface area contributed by atoms with E-state index in [0.29, 0.717) is 25.1 Å². The number of sulfone groups is 1. The molecule has 1 saturated heterocycles. The number of rotatable bonds is 4. The number of carbonyl (C=O) groups excluding carboxylic acids is 1. The molecule has 0 N–H and O–H groups in total. The van der Waals surface area contributed by atoms with Crippen molar-refractivity contribution in [1.82, 2.24) is 4.90 Å². The molecule has 1 heterocycles. The maximum absolute atomic E-state index is 11.2. The van der Waals surface area contributed by atoms with Gasteiger partial charge in [-0.3, -0.25) is 4.79 Å². The van der Waals surface area contributed by atoms with E-state index in [1.807, 2.05) is 11.9 Å². The summed E-state index contributed by atoms with van der Waals surface area (Å²) in [6.07, 6.45) is 1.21. The lowest BCUT2D eigenvalue weighted by Crippen LogP contribution is -2.34. The van der Waals surface area contributed by atoms with Gasteiger partial charge in [0.15, 0.2) is 9.84 Å². The third-order valence-corrected chi connectivity index (χ3v) is 4.40. The molecule has 4 nitrogen and oxygen atoms in total. The van der Waals surface area contributed by atoms with Gasteiger partial charge in [-0.25, -0.2) is 8.42 Å². The zero-order valence-electron chi connectivity index (χ0n) is 8.69. The van der Waals surface area contributed by atoms with Crippen molar-refractivity contribution in [3.63, 3.8) is 0 Å². The van der Waals surface area contributed by atoms with Crippen molar-refractivity contribution in [2.24, 2.45) is 0 Å². The van der Waals surface area contributed by atoms with Gasteiger partial charge >= 0.3 is 0 Å². The van der Waals surface area contributed by atoms with Gasteiger partial charge in [-0.05, 0) is 20.4 Å². The van der Waals surface area contributed by atoms with Crippen molar-refractivity contribution in [2.75, 3.05) is 25.1 Å². The molecule has 14 heavy (non-hydrogen) atoms. The molecule has 0 bridgehead atoms. The number of hydrogen-bond acceptors (Lipinski definition) is 4. The summed E-state index contributed by atoms with van der Waals surface area (Å²) in [5.41, 5.74) is 0. The van der Waals surface area contributed by atoms with E-state index in [0.717, 1.165) is 0 Å². The third-order valence-electron chi connectivity index (χ3n) is 2.65. The molecule has 1 aliphatic rings. The van der Waals surface area contributed by atoms with Crippen LogP contribution >= 0.6 is 0 Å². The standard InChI is InChI=1S/C9H17NO3S/c1-8(11)3-5-10(2)9-4-6-14(12,13)7-9/h9H,3-7H2,1-2H3. The second-order valence-corrected chi connectivity index (χ2v) is 6.22. The highest BCUT2D eigenvalue weighted by molar-refractivity contribution is 7.91. The Morgan fingerprint density at radius 3 is 2.57 bits per heavy atom. The molecule has 1 unspecified atom stereocenters. The summed E-state index contributed by atoms with van der Waals surface area (Å²) < 4.78 is 22.4. The molecule has 0 aliphatic carbocycles. The Hall–Kier alpha value is -0.420. The SMILES string of the molecule is CC(=O)CCN(C)C1CCS(=O)(=O)C1. The molecular formula is C9H17NO3S. The molecule has 0 aromatic rings. The largest absolute Gasteiger partial charge is 0.302 e. The smallest absolute Gasteiger partial charge is 0.151 e. The molecule has 0 radical (unpaired) electrons. The number of carbonyl (C=O) groups is 1. The molecule has 0 saturated carbocycles. The summed E-state index contributed by atoms with van der Waals surface area (Å²) in [4.78, 5) is 12.7.